The van der Waals surface area contributed by atoms with Crippen LogP contribution in [0.4, 0.5) is 0 Å². The summed E-state index contributed by atoms with van der Waals surface area (Å²) in [6.07, 6.45) is 9.18. The van der Waals surface area contributed by atoms with Gasteiger partial charge in [-0.05, 0) is 39.2 Å². The number of allylic oxidation sites excluding steroid dienone is 4. The van der Waals surface area contributed by atoms with Crippen molar-refractivity contribution in [2.75, 3.05) is 0 Å². The van der Waals surface area contributed by atoms with Crippen LogP contribution in [0.1, 0.15) is 34.1 Å². The number of aliphatic imine (C=N–C) groups is 1. The van der Waals surface area contributed by atoms with E-state index in [1.54, 1.807) is 6.21 Å². The molecule has 0 aromatic carbocycles. The van der Waals surface area contributed by atoms with Gasteiger partial charge in [0.1, 0.15) is 0 Å². The maximum Gasteiger partial charge on any atom is 0.0553 e. The first-order valence-corrected chi connectivity index (χ1v) is 5.08. The SMILES string of the molecule is C=C(/C=C(\C)[C@@H](C)C/C=C\C)N=CC. The molecule has 14 heavy (non-hydrogen) atoms. The Hall–Kier alpha value is -1.11. The Balaban J connectivity index is 4.28. The molecule has 1 atom stereocenters. The monoisotopic (exact) mass is 191 g/mol. The van der Waals surface area contributed by atoms with Crippen LogP contribution in [0.25, 0.3) is 0 Å². The summed E-state index contributed by atoms with van der Waals surface area (Å²) in [6, 6.07) is 0. The highest BCUT2D eigenvalue weighted by atomic mass is 14.7. The smallest absolute Gasteiger partial charge is 0.0553 e. The molecule has 0 heterocycles. The standard InChI is InChI=1S/C13H21N/c1-6-8-9-11(3)12(4)10-13(5)14-7-2/h6-8,10-11H,5,9H2,1-4H3/b8-6-,12-10+,14-7?/t11-/m0/s1. The van der Waals surface area contributed by atoms with Gasteiger partial charge in [0, 0.05) is 6.21 Å². The predicted molar refractivity (Wildman–Crippen MR) is 65.7 cm³/mol. The van der Waals surface area contributed by atoms with Crippen molar-refractivity contribution in [3.8, 4) is 0 Å². The molecule has 0 rings (SSSR count). The van der Waals surface area contributed by atoms with E-state index in [1.165, 1.54) is 5.57 Å². The Bertz CT molecular complexity index is 256. The first-order chi connectivity index (χ1) is 6.61. The van der Waals surface area contributed by atoms with Gasteiger partial charge in [0.25, 0.3) is 0 Å². The van der Waals surface area contributed by atoms with E-state index in [9.17, 15) is 0 Å². The molecule has 1 heteroatoms. The van der Waals surface area contributed by atoms with Gasteiger partial charge in [0.15, 0.2) is 0 Å². The summed E-state index contributed by atoms with van der Waals surface area (Å²) in [6.45, 7) is 12.1. The molecule has 0 radical (unpaired) electrons. The third-order valence-electron chi connectivity index (χ3n) is 2.19. The summed E-state index contributed by atoms with van der Waals surface area (Å²) in [4.78, 5) is 4.11. The van der Waals surface area contributed by atoms with Gasteiger partial charge in [-0.3, -0.25) is 4.99 Å². The zero-order valence-electron chi connectivity index (χ0n) is 9.75. The predicted octanol–water partition coefficient (Wildman–Crippen LogP) is 4.14. The highest BCUT2D eigenvalue weighted by Gasteiger charge is 2.01. The molecule has 0 aromatic heterocycles. The maximum absolute atomic E-state index is 4.11. The van der Waals surface area contributed by atoms with Crippen LogP contribution in [-0.4, -0.2) is 6.21 Å². The molecule has 0 saturated heterocycles. The largest absolute Gasteiger partial charge is 0.262 e. The van der Waals surface area contributed by atoms with E-state index in [1.807, 2.05) is 19.9 Å². The van der Waals surface area contributed by atoms with Gasteiger partial charge >= 0.3 is 0 Å². The molecule has 0 fully saturated rings. The number of hydrogen-bond donors (Lipinski definition) is 0. The van der Waals surface area contributed by atoms with Crippen LogP contribution in [-0.2, 0) is 0 Å². The molecule has 0 unspecified atom stereocenters. The second-order valence-corrected chi connectivity index (χ2v) is 3.47. The Kier molecular flexibility index (Phi) is 6.73. The lowest BCUT2D eigenvalue weighted by atomic mass is 9.98. The molecular weight excluding hydrogens is 170 g/mol. The van der Waals surface area contributed by atoms with Gasteiger partial charge in [-0.15, -0.1) is 0 Å². The van der Waals surface area contributed by atoms with Crippen LogP contribution in [0.3, 0.4) is 0 Å². The van der Waals surface area contributed by atoms with Crippen molar-refractivity contribution in [3.63, 3.8) is 0 Å². The lowest BCUT2D eigenvalue weighted by molar-refractivity contribution is 0.693. The summed E-state index contributed by atoms with van der Waals surface area (Å²) in [5, 5.41) is 0. The first kappa shape index (κ1) is 12.9. The fourth-order valence-corrected chi connectivity index (χ4v) is 1.13. The van der Waals surface area contributed by atoms with Gasteiger partial charge in [-0.2, -0.15) is 0 Å². The zero-order chi connectivity index (χ0) is 11.0. The number of nitrogens with zero attached hydrogens (tertiary/aromatic N) is 1. The minimum atomic E-state index is 0.565. The third kappa shape index (κ3) is 5.52. The summed E-state index contributed by atoms with van der Waals surface area (Å²) in [5.74, 6) is 0.565. The molecule has 0 bridgehead atoms. The topological polar surface area (TPSA) is 12.4 Å². The Morgan fingerprint density at radius 2 is 2.07 bits per heavy atom. The van der Waals surface area contributed by atoms with E-state index in [0.29, 0.717) is 5.92 Å². The second-order valence-electron chi connectivity index (χ2n) is 3.47. The van der Waals surface area contributed by atoms with Crippen molar-refractivity contribution in [2.24, 2.45) is 10.9 Å². The molecular formula is C13H21N. The van der Waals surface area contributed by atoms with E-state index in [4.69, 9.17) is 0 Å². The van der Waals surface area contributed by atoms with Gasteiger partial charge in [0.05, 0.1) is 5.70 Å². The average molecular weight is 191 g/mol. The van der Waals surface area contributed by atoms with Crippen LogP contribution in [0.2, 0.25) is 0 Å². The second kappa shape index (κ2) is 7.31. The van der Waals surface area contributed by atoms with E-state index >= 15 is 0 Å². The first-order valence-electron chi connectivity index (χ1n) is 5.08. The highest BCUT2D eigenvalue weighted by molar-refractivity contribution is 5.56. The summed E-state index contributed by atoms with van der Waals surface area (Å²) in [7, 11) is 0. The molecule has 0 saturated carbocycles. The minimum absolute atomic E-state index is 0.565. The summed E-state index contributed by atoms with van der Waals surface area (Å²) < 4.78 is 0. The molecule has 0 spiro atoms. The molecule has 0 aliphatic carbocycles. The fourth-order valence-electron chi connectivity index (χ4n) is 1.13. The number of rotatable bonds is 5. The van der Waals surface area contributed by atoms with Gasteiger partial charge in [0.2, 0.25) is 0 Å². The Labute approximate surface area is 87.9 Å². The van der Waals surface area contributed by atoms with E-state index < -0.39 is 0 Å². The normalized spacial score (nSPS) is 15.3. The number of hydrogen-bond acceptors (Lipinski definition) is 1. The van der Waals surface area contributed by atoms with Gasteiger partial charge < -0.3 is 0 Å². The van der Waals surface area contributed by atoms with Crippen molar-refractivity contribution in [1.29, 1.82) is 0 Å². The molecule has 0 amide bonds. The van der Waals surface area contributed by atoms with E-state index in [-0.39, 0.29) is 0 Å². The minimum Gasteiger partial charge on any atom is -0.262 e. The summed E-state index contributed by atoms with van der Waals surface area (Å²) in [5.41, 5.74) is 2.16. The van der Waals surface area contributed by atoms with Crippen LogP contribution >= 0.6 is 0 Å². The quantitative estimate of drug-likeness (QED) is 0.352. The Morgan fingerprint density at radius 3 is 2.57 bits per heavy atom. The molecule has 0 aliphatic heterocycles. The van der Waals surface area contributed by atoms with Crippen molar-refractivity contribution < 1.29 is 0 Å². The maximum atomic E-state index is 4.11. The van der Waals surface area contributed by atoms with Crippen LogP contribution in [0, 0.1) is 5.92 Å². The third-order valence-corrected chi connectivity index (χ3v) is 2.19. The zero-order valence-corrected chi connectivity index (χ0v) is 9.75. The Morgan fingerprint density at radius 1 is 1.43 bits per heavy atom. The molecule has 78 valence electrons. The van der Waals surface area contributed by atoms with Gasteiger partial charge in [-0.1, -0.05) is 31.2 Å². The molecule has 1 nitrogen and oxygen atoms in total. The average Bonchev–Trinajstić information content (AvgIpc) is 2.14. The van der Waals surface area contributed by atoms with Crippen molar-refractivity contribution >= 4 is 6.21 Å². The fraction of sp³-hybridized carbons (Fsp3) is 0.462. The van der Waals surface area contributed by atoms with Gasteiger partial charge in [-0.25, -0.2) is 0 Å². The van der Waals surface area contributed by atoms with Crippen LogP contribution in [0.5, 0.6) is 0 Å². The lowest BCUT2D eigenvalue weighted by Crippen LogP contribution is -1.94. The summed E-state index contributed by atoms with van der Waals surface area (Å²) >= 11 is 0. The van der Waals surface area contributed by atoms with Crippen molar-refractivity contribution in [2.45, 2.75) is 34.1 Å². The van der Waals surface area contributed by atoms with E-state index in [0.717, 1.165) is 12.1 Å². The van der Waals surface area contributed by atoms with Crippen molar-refractivity contribution in [3.05, 3.63) is 36.1 Å². The molecule has 0 aromatic rings. The molecule has 0 N–H and O–H groups in total. The van der Waals surface area contributed by atoms with Crippen LogP contribution in [0.15, 0.2) is 41.1 Å². The van der Waals surface area contributed by atoms with E-state index in [2.05, 4.69) is 37.6 Å². The van der Waals surface area contributed by atoms with Crippen molar-refractivity contribution in [1.82, 2.24) is 0 Å². The molecule has 0 aliphatic rings. The van der Waals surface area contributed by atoms with Crippen LogP contribution < -0.4 is 0 Å². The lowest BCUT2D eigenvalue weighted by Gasteiger charge is -2.09. The highest BCUT2D eigenvalue weighted by Crippen LogP contribution is 2.16.